The molecule has 0 bridgehead atoms. The standard InChI is InChI=1S/C8H10N2O/c1-2-10-7(3-6-9-10)8(11)4-5-8/h2-3,6,11H,1,4-5H2. The maximum absolute atomic E-state index is 9.69. The van der Waals surface area contributed by atoms with Crippen molar-refractivity contribution in [3.05, 3.63) is 24.5 Å². The Bertz CT molecular complexity index is 286. The van der Waals surface area contributed by atoms with Crippen molar-refractivity contribution in [3.63, 3.8) is 0 Å². The Kier molecular flexibility index (Phi) is 1.17. The van der Waals surface area contributed by atoms with Crippen LogP contribution < -0.4 is 0 Å². The highest BCUT2D eigenvalue weighted by Gasteiger charge is 2.44. The van der Waals surface area contributed by atoms with Gasteiger partial charge < -0.3 is 5.11 Å². The van der Waals surface area contributed by atoms with Crippen LogP contribution in [-0.4, -0.2) is 14.9 Å². The Balaban J connectivity index is 2.43. The second-order valence-corrected chi connectivity index (χ2v) is 2.88. The highest BCUT2D eigenvalue weighted by molar-refractivity contribution is 5.27. The topological polar surface area (TPSA) is 38.0 Å². The van der Waals surface area contributed by atoms with E-state index in [0.29, 0.717) is 0 Å². The van der Waals surface area contributed by atoms with Crippen LogP contribution in [0.4, 0.5) is 0 Å². The molecule has 0 aromatic carbocycles. The third kappa shape index (κ3) is 0.886. The molecule has 1 aliphatic carbocycles. The van der Waals surface area contributed by atoms with Gasteiger partial charge in [-0.15, -0.1) is 0 Å². The normalized spacial score (nSPS) is 19.7. The van der Waals surface area contributed by atoms with Gasteiger partial charge in [-0.3, -0.25) is 0 Å². The number of nitrogens with zero attached hydrogens (tertiary/aromatic N) is 2. The number of aliphatic hydroxyl groups is 1. The molecule has 58 valence electrons. The molecule has 1 aliphatic rings. The number of rotatable bonds is 2. The fourth-order valence-electron chi connectivity index (χ4n) is 1.20. The second kappa shape index (κ2) is 1.95. The quantitative estimate of drug-likeness (QED) is 0.682. The minimum absolute atomic E-state index is 0.606. The van der Waals surface area contributed by atoms with E-state index in [0.717, 1.165) is 18.5 Å². The zero-order valence-electron chi connectivity index (χ0n) is 6.20. The maximum atomic E-state index is 9.69. The lowest BCUT2D eigenvalue weighted by Gasteiger charge is -2.06. The predicted molar refractivity (Wildman–Crippen MR) is 41.7 cm³/mol. The van der Waals surface area contributed by atoms with Gasteiger partial charge in [0.2, 0.25) is 0 Å². The van der Waals surface area contributed by atoms with E-state index in [4.69, 9.17) is 0 Å². The lowest BCUT2D eigenvalue weighted by atomic mass is 10.2. The fourth-order valence-corrected chi connectivity index (χ4v) is 1.20. The van der Waals surface area contributed by atoms with Crippen LogP contribution in [-0.2, 0) is 5.60 Å². The van der Waals surface area contributed by atoms with Gasteiger partial charge in [0.25, 0.3) is 0 Å². The Morgan fingerprint density at radius 1 is 1.73 bits per heavy atom. The van der Waals surface area contributed by atoms with E-state index in [-0.39, 0.29) is 0 Å². The summed E-state index contributed by atoms with van der Waals surface area (Å²) in [5.41, 5.74) is 0.248. The largest absolute Gasteiger partial charge is 0.384 e. The molecule has 0 amide bonds. The maximum Gasteiger partial charge on any atom is 0.107 e. The van der Waals surface area contributed by atoms with Crippen LogP contribution >= 0.6 is 0 Å². The molecule has 1 aromatic heterocycles. The molecule has 1 saturated carbocycles. The van der Waals surface area contributed by atoms with Gasteiger partial charge in [-0.2, -0.15) is 5.10 Å². The average molecular weight is 150 g/mol. The van der Waals surface area contributed by atoms with E-state index < -0.39 is 5.60 Å². The van der Waals surface area contributed by atoms with Gasteiger partial charge in [-0.1, -0.05) is 6.58 Å². The third-order valence-electron chi connectivity index (χ3n) is 2.04. The molecule has 0 radical (unpaired) electrons. The molecule has 1 aromatic rings. The zero-order chi connectivity index (χ0) is 7.90. The smallest absolute Gasteiger partial charge is 0.107 e. The summed E-state index contributed by atoms with van der Waals surface area (Å²) in [5, 5.41) is 13.7. The molecule has 1 heterocycles. The van der Waals surface area contributed by atoms with Gasteiger partial charge in [0.1, 0.15) is 5.60 Å². The summed E-state index contributed by atoms with van der Waals surface area (Å²) in [6.07, 6.45) is 4.96. The van der Waals surface area contributed by atoms with E-state index >= 15 is 0 Å². The van der Waals surface area contributed by atoms with Crippen molar-refractivity contribution < 1.29 is 5.11 Å². The first-order valence-electron chi connectivity index (χ1n) is 3.65. The Morgan fingerprint density at radius 2 is 2.45 bits per heavy atom. The van der Waals surface area contributed by atoms with Crippen LogP contribution in [0.25, 0.3) is 6.20 Å². The molecule has 1 fully saturated rings. The highest BCUT2D eigenvalue weighted by Crippen LogP contribution is 2.44. The minimum Gasteiger partial charge on any atom is -0.384 e. The Labute approximate surface area is 65.0 Å². The van der Waals surface area contributed by atoms with Gasteiger partial charge >= 0.3 is 0 Å². The number of hydrogen-bond donors (Lipinski definition) is 1. The fraction of sp³-hybridized carbons (Fsp3) is 0.375. The van der Waals surface area contributed by atoms with Crippen LogP contribution in [0.5, 0.6) is 0 Å². The molecule has 0 aliphatic heterocycles. The van der Waals surface area contributed by atoms with Crippen molar-refractivity contribution in [2.45, 2.75) is 18.4 Å². The summed E-state index contributed by atoms with van der Waals surface area (Å²) in [6.45, 7) is 3.59. The Morgan fingerprint density at radius 3 is 3.00 bits per heavy atom. The molecular weight excluding hydrogens is 140 g/mol. The van der Waals surface area contributed by atoms with E-state index in [9.17, 15) is 5.11 Å². The molecular formula is C8H10N2O. The van der Waals surface area contributed by atoms with Crippen LogP contribution in [0, 0.1) is 0 Å². The van der Waals surface area contributed by atoms with Crippen LogP contribution in [0.2, 0.25) is 0 Å². The average Bonchev–Trinajstić information content (AvgIpc) is 2.61. The SMILES string of the molecule is C=Cn1nccc1C1(O)CC1. The van der Waals surface area contributed by atoms with Gasteiger partial charge in [0, 0.05) is 12.4 Å². The predicted octanol–water partition coefficient (Wildman–Crippen LogP) is 0.965. The van der Waals surface area contributed by atoms with Crippen molar-refractivity contribution >= 4 is 6.20 Å². The van der Waals surface area contributed by atoms with Gasteiger partial charge in [-0.25, -0.2) is 4.68 Å². The van der Waals surface area contributed by atoms with Crippen molar-refractivity contribution in [2.75, 3.05) is 0 Å². The van der Waals surface area contributed by atoms with Crippen molar-refractivity contribution in [2.24, 2.45) is 0 Å². The lowest BCUT2D eigenvalue weighted by Crippen LogP contribution is -2.09. The van der Waals surface area contributed by atoms with Crippen molar-refractivity contribution in [1.29, 1.82) is 0 Å². The first kappa shape index (κ1) is 6.61. The van der Waals surface area contributed by atoms with E-state index in [1.54, 1.807) is 17.1 Å². The summed E-state index contributed by atoms with van der Waals surface area (Å²) in [6, 6.07) is 1.83. The zero-order valence-corrected chi connectivity index (χ0v) is 6.20. The molecule has 11 heavy (non-hydrogen) atoms. The molecule has 0 saturated heterocycles. The minimum atomic E-state index is -0.606. The van der Waals surface area contributed by atoms with Crippen LogP contribution in [0.3, 0.4) is 0 Å². The number of hydrogen-bond acceptors (Lipinski definition) is 2. The Hall–Kier alpha value is -1.09. The summed E-state index contributed by atoms with van der Waals surface area (Å²) in [5.74, 6) is 0. The molecule has 0 spiro atoms. The third-order valence-corrected chi connectivity index (χ3v) is 2.04. The van der Waals surface area contributed by atoms with E-state index in [2.05, 4.69) is 11.7 Å². The van der Waals surface area contributed by atoms with Crippen LogP contribution in [0.15, 0.2) is 18.8 Å². The molecule has 1 N–H and O–H groups in total. The molecule has 3 heteroatoms. The first-order chi connectivity index (χ1) is 5.26. The molecule has 0 atom stereocenters. The second-order valence-electron chi connectivity index (χ2n) is 2.88. The van der Waals surface area contributed by atoms with Crippen molar-refractivity contribution in [3.8, 4) is 0 Å². The summed E-state index contributed by atoms with van der Waals surface area (Å²) in [4.78, 5) is 0. The highest BCUT2D eigenvalue weighted by atomic mass is 16.3. The number of aromatic nitrogens is 2. The lowest BCUT2D eigenvalue weighted by molar-refractivity contribution is 0.144. The monoisotopic (exact) mass is 150 g/mol. The molecule has 0 unspecified atom stereocenters. The summed E-state index contributed by atoms with van der Waals surface area (Å²) >= 11 is 0. The van der Waals surface area contributed by atoms with Gasteiger partial charge in [0.05, 0.1) is 5.69 Å². The van der Waals surface area contributed by atoms with Crippen molar-refractivity contribution in [1.82, 2.24) is 9.78 Å². The van der Waals surface area contributed by atoms with E-state index in [1.165, 1.54) is 0 Å². The van der Waals surface area contributed by atoms with E-state index in [1.807, 2.05) is 6.07 Å². The first-order valence-corrected chi connectivity index (χ1v) is 3.65. The van der Waals surface area contributed by atoms with Gasteiger partial charge in [0.15, 0.2) is 0 Å². The summed E-state index contributed by atoms with van der Waals surface area (Å²) in [7, 11) is 0. The van der Waals surface area contributed by atoms with Gasteiger partial charge in [-0.05, 0) is 18.9 Å². The van der Waals surface area contributed by atoms with Crippen LogP contribution in [0.1, 0.15) is 18.5 Å². The molecule has 2 rings (SSSR count). The summed E-state index contributed by atoms with van der Waals surface area (Å²) < 4.78 is 1.62. The molecule has 3 nitrogen and oxygen atoms in total.